The van der Waals surface area contributed by atoms with Crippen molar-refractivity contribution in [3.63, 3.8) is 0 Å². The van der Waals surface area contributed by atoms with E-state index in [-0.39, 0.29) is 4.90 Å². The van der Waals surface area contributed by atoms with Crippen LogP contribution in [0.1, 0.15) is 19.8 Å². The third-order valence-electron chi connectivity index (χ3n) is 2.26. The first-order chi connectivity index (χ1) is 8.15. The van der Waals surface area contributed by atoms with Crippen LogP contribution in [0.25, 0.3) is 0 Å². The molecule has 1 aromatic carbocycles. The highest BCUT2D eigenvalue weighted by atomic mass is 32.2. The van der Waals surface area contributed by atoms with Crippen molar-refractivity contribution < 1.29 is 13.3 Å². The van der Waals surface area contributed by atoms with E-state index in [1.165, 1.54) is 12.1 Å². The fourth-order valence-electron chi connectivity index (χ4n) is 1.29. The van der Waals surface area contributed by atoms with E-state index < -0.39 is 16.6 Å². The second-order valence-corrected chi connectivity index (χ2v) is 5.24. The summed E-state index contributed by atoms with van der Waals surface area (Å²) in [6.45, 7) is 3.12. The molecule has 0 aliphatic heterocycles. The first-order valence-electron chi connectivity index (χ1n) is 5.66. The molecule has 17 heavy (non-hydrogen) atoms. The maximum Gasteiger partial charge on any atom is 0.141 e. The number of ether oxygens (including phenoxy) is 1. The summed E-state index contributed by atoms with van der Waals surface area (Å²) in [5, 5.41) is 0. The highest BCUT2D eigenvalue weighted by molar-refractivity contribution is 7.85. The summed E-state index contributed by atoms with van der Waals surface area (Å²) < 4.78 is 30.5. The quantitative estimate of drug-likeness (QED) is 0.604. The Hall–Kier alpha value is -0.940. The Labute approximate surface area is 104 Å². The molecule has 0 fully saturated rings. The number of halogens is 1. The lowest BCUT2D eigenvalue weighted by molar-refractivity contribution is 0.146. The molecule has 1 unspecified atom stereocenters. The molecular formula is C12H18FNO2S. The van der Waals surface area contributed by atoms with Crippen LogP contribution in [0, 0.1) is 5.82 Å². The van der Waals surface area contributed by atoms with Crippen molar-refractivity contribution in [1.29, 1.82) is 0 Å². The molecule has 0 radical (unpaired) electrons. The zero-order valence-corrected chi connectivity index (χ0v) is 10.8. The number of hydrogen-bond donors (Lipinski definition) is 1. The Morgan fingerprint density at radius 1 is 1.41 bits per heavy atom. The first-order valence-corrected chi connectivity index (χ1v) is 6.98. The summed E-state index contributed by atoms with van der Waals surface area (Å²) >= 11 is 0. The van der Waals surface area contributed by atoms with Gasteiger partial charge in [-0.3, -0.25) is 4.21 Å². The molecule has 0 saturated carbocycles. The molecule has 0 spiro atoms. The van der Waals surface area contributed by atoms with Crippen molar-refractivity contribution in [1.82, 2.24) is 0 Å². The van der Waals surface area contributed by atoms with Crippen molar-refractivity contribution in [3.8, 4) is 0 Å². The second kappa shape index (κ2) is 7.40. The number of anilines is 1. The van der Waals surface area contributed by atoms with E-state index in [1.54, 1.807) is 6.07 Å². The van der Waals surface area contributed by atoms with Crippen LogP contribution in [0.2, 0.25) is 0 Å². The number of hydrogen-bond acceptors (Lipinski definition) is 3. The first kappa shape index (κ1) is 14.1. The van der Waals surface area contributed by atoms with Crippen LogP contribution >= 0.6 is 0 Å². The van der Waals surface area contributed by atoms with Gasteiger partial charge in [-0.25, -0.2) is 4.39 Å². The van der Waals surface area contributed by atoms with E-state index >= 15 is 0 Å². The molecule has 3 nitrogen and oxygen atoms in total. The molecule has 0 aliphatic rings. The number of unbranched alkanes of at least 4 members (excludes halogenated alkanes) is 1. The normalized spacial score (nSPS) is 12.6. The van der Waals surface area contributed by atoms with Crippen LogP contribution in [-0.2, 0) is 15.5 Å². The average molecular weight is 259 g/mol. The molecule has 0 saturated heterocycles. The van der Waals surface area contributed by atoms with Crippen LogP contribution in [-0.4, -0.2) is 23.2 Å². The topological polar surface area (TPSA) is 52.3 Å². The predicted molar refractivity (Wildman–Crippen MR) is 67.8 cm³/mol. The van der Waals surface area contributed by atoms with Crippen molar-refractivity contribution in [2.45, 2.75) is 24.7 Å². The van der Waals surface area contributed by atoms with Crippen molar-refractivity contribution in [3.05, 3.63) is 24.0 Å². The van der Waals surface area contributed by atoms with E-state index in [2.05, 4.69) is 6.92 Å². The summed E-state index contributed by atoms with van der Waals surface area (Å²) in [5.41, 5.74) is 5.75. The smallest absolute Gasteiger partial charge is 0.141 e. The van der Waals surface area contributed by atoms with Gasteiger partial charge in [0, 0.05) is 12.3 Å². The maximum atomic E-state index is 13.4. The van der Waals surface area contributed by atoms with Crippen molar-refractivity contribution in [2.24, 2.45) is 0 Å². The molecule has 0 aliphatic carbocycles. The van der Waals surface area contributed by atoms with E-state index in [1.807, 2.05) is 0 Å². The van der Waals surface area contributed by atoms with E-state index in [4.69, 9.17) is 10.5 Å². The van der Waals surface area contributed by atoms with Crippen LogP contribution < -0.4 is 5.73 Å². The Kier molecular flexibility index (Phi) is 6.15. The monoisotopic (exact) mass is 259 g/mol. The highest BCUT2D eigenvalue weighted by Gasteiger charge is 2.09. The number of benzene rings is 1. The molecule has 5 heteroatoms. The summed E-state index contributed by atoms with van der Waals surface area (Å²) in [5.74, 6) is -0.207. The lowest BCUT2D eigenvalue weighted by atomic mass is 10.3. The minimum Gasteiger partial charge on any atom is -0.399 e. The molecule has 0 amide bonds. The Bertz CT molecular complexity index is 385. The van der Waals surface area contributed by atoms with Crippen LogP contribution in [0.5, 0.6) is 0 Å². The van der Waals surface area contributed by atoms with Gasteiger partial charge in [0.05, 0.1) is 28.1 Å². The van der Waals surface area contributed by atoms with E-state index in [0.29, 0.717) is 24.7 Å². The van der Waals surface area contributed by atoms with Crippen LogP contribution in [0.3, 0.4) is 0 Å². The third-order valence-corrected chi connectivity index (χ3v) is 3.62. The fraction of sp³-hybridized carbons (Fsp3) is 0.500. The molecule has 1 rings (SSSR count). The minimum absolute atomic E-state index is 0.193. The number of rotatable bonds is 7. The lowest BCUT2D eigenvalue weighted by Crippen LogP contribution is -2.08. The maximum absolute atomic E-state index is 13.4. The zero-order valence-electron chi connectivity index (χ0n) is 9.95. The van der Waals surface area contributed by atoms with Gasteiger partial charge in [0.1, 0.15) is 5.82 Å². The summed E-state index contributed by atoms with van der Waals surface area (Å²) in [6, 6.07) is 4.20. The zero-order chi connectivity index (χ0) is 12.7. The molecule has 1 atom stereocenters. The molecule has 0 bridgehead atoms. The Morgan fingerprint density at radius 3 is 2.82 bits per heavy atom. The number of nitrogen functional groups attached to an aromatic ring is 1. The average Bonchev–Trinajstić information content (AvgIpc) is 2.28. The summed E-state index contributed by atoms with van der Waals surface area (Å²) in [4.78, 5) is 0.193. The minimum atomic E-state index is -1.36. The lowest BCUT2D eigenvalue weighted by Gasteiger charge is -2.05. The van der Waals surface area contributed by atoms with E-state index in [0.717, 1.165) is 12.8 Å². The van der Waals surface area contributed by atoms with Gasteiger partial charge in [-0.15, -0.1) is 0 Å². The van der Waals surface area contributed by atoms with Gasteiger partial charge in [0.25, 0.3) is 0 Å². The van der Waals surface area contributed by atoms with Gasteiger partial charge in [-0.2, -0.15) is 0 Å². The van der Waals surface area contributed by atoms with Gasteiger partial charge in [-0.05, 0) is 24.6 Å². The van der Waals surface area contributed by atoms with E-state index in [9.17, 15) is 8.60 Å². The standard InChI is InChI=1S/C12H18FNO2S/c1-2-3-6-16-7-8-17(15)12-5-4-10(14)9-11(12)13/h4-5,9H,2-3,6-8,14H2,1H3. The molecule has 96 valence electrons. The van der Waals surface area contributed by atoms with Crippen LogP contribution in [0.4, 0.5) is 10.1 Å². The third kappa shape index (κ3) is 4.83. The van der Waals surface area contributed by atoms with Gasteiger partial charge in [0.2, 0.25) is 0 Å². The molecule has 2 N–H and O–H groups in total. The SMILES string of the molecule is CCCCOCCS(=O)c1ccc(N)cc1F. The van der Waals surface area contributed by atoms with Gasteiger partial charge in [-0.1, -0.05) is 13.3 Å². The number of nitrogens with two attached hydrogens (primary N) is 1. The second-order valence-electron chi connectivity index (χ2n) is 3.71. The van der Waals surface area contributed by atoms with Gasteiger partial charge >= 0.3 is 0 Å². The highest BCUT2D eigenvalue weighted by Crippen LogP contribution is 2.15. The Morgan fingerprint density at radius 2 is 2.18 bits per heavy atom. The van der Waals surface area contributed by atoms with Gasteiger partial charge < -0.3 is 10.5 Å². The fourth-order valence-corrected chi connectivity index (χ4v) is 2.28. The molecule has 0 heterocycles. The summed E-state index contributed by atoms with van der Waals surface area (Å²) in [6.07, 6.45) is 2.05. The predicted octanol–water partition coefficient (Wildman–Crippen LogP) is 2.33. The largest absolute Gasteiger partial charge is 0.399 e. The van der Waals surface area contributed by atoms with Crippen molar-refractivity contribution in [2.75, 3.05) is 24.7 Å². The van der Waals surface area contributed by atoms with Crippen LogP contribution in [0.15, 0.2) is 23.1 Å². The molecule has 1 aromatic rings. The van der Waals surface area contributed by atoms with Crippen molar-refractivity contribution >= 4 is 16.5 Å². The molecular weight excluding hydrogens is 241 g/mol. The molecule has 0 aromatic heterocycles. The van der Waals surface area contributed by atoms with Gasteiger partial charge in [0.15, 0.2) is 0 Å². The Balaban J connectivity index is 2.42. The summed E-state index contributed by atoms with van der Waals surface area (Å²) in [7, 11) is -1.36.